The van der Waals surface area contributed by atoms with Gasteiger partial charge in [-0.15, -0.1) is 0 Å². The third-order valence-corrected chi connectivity index (χ3v) is 3.78. The van der Waals surface area contributed by atoms with Crippen LogP contribution in [0, 0.1) is 0 Å². The second-order valence-corrected chi connectivity index (χ2v) is 5.34. The number of nitrogens with two attached hydrogens (primary N) is 1. The topological polar surface area (TPSA) is 64.1 Å². The molecule has 0 aliphatic heterocycles. The Labute approximate surface area is 120 Å². The van der Waals surface area contributed by atoms with E-state index in [2.05, 4.69) is 24.5 Å². The molecule has 0 radical (unpaired) electrons. The van der Waals surface area contributed by atoms with Gasteiger partial charge in [-0.05, 0) is 25.0 Å². The lowest BCUT2D eigenvalue weighted by Gasteiger charge is -2.25. The van der Waals surface area contributed by atoms with Crippen LogP contribution in [-0.2, 0) is 6.42 Å². The molecule has 3 N–H and O–H groups in total. The van der Waals surface area contributed by atoms with Crippen LogP contribution in [0.1, 0.15) is 45.0 Å². The zero-order chi connectivity index (χ0) is 14.5. The second kappa shape index (κ2) is 6.86. The predicted octanol–water partition coefficient (Wildman–Crippen LogP) is 2.65. The smallest absolute Gasteiger partial charge is 0.110 e. The maximum absolute atomic E-state index is 9.82. The molecule has 0 spiro atoms. The monoisotopic (exact) mass is 275 g/mol. The van der Waals surface area contributed by atoms with Crippen LogP contribution in [0.4, 0.5) is 0 Å². The number of rotatable bonds is 7. The van der Waals surface area contributed by atoms with Gasteiger partial charge in [-0.2, -0.15) is 0 Å². The lowest BCUT2D eigenvalue weighted by Crippen LogP contribution is -2.35. The number of fused-ring (bicyclic) bond motifs is 1. The molecule has 0 fully saturated rings. The first-order valence-electron chi connectivity index (χ1n) is 7.55. The lowest BCUT2D eigenvalue weighted by molar-refractivity contribution is 0.202. The minimum atomic E-state index is -0.0936. The first kappa shape index (κ1) is 15.0. The predicted molar refractivity (Wildman–Crippen MR) is 82.7 cm³/mol. The van der Waals surface area contributed by atoms with Gasteiger partial charge in [0.1, 0.15) is 5.82 Å². The molecule has 2 unspecified atom stereocenters. The number of benzene rings is 1. The van der Waals surface area contributed by atoms with Crippen LogP contribution in [0.25, 0.3) is 11.0 Å². The number of aromatic nitrogens is 2. The summed E-state index contributed by atoms with van der Waals surface area (Å²) in [7, 11) is 0. The Bertz CT molecular complexity index is 550. The maximum Gasteiger partial charge on any atom is 0.110 e. The molecule has 0 saturated heterocycles. The molecule has 1 aromatic carbocycles. The van der Waals surface area contributed by atoms with E-state index in [1.165, 1.54) is 0 Å². The molecule has 2 atom stereocenters. The molecule has 0 aliphatic carbocycles. The van der Waals surface area contributed by atoms with Crippen molar-refractivity contribution in [3.8, 4) is 0 Å². The highest BCUT2D eigenvalue weighted by Gasteiger charge is 2.23. The Kier molecular flexibility index (Phi) is 5.15. The van der Waals surface area contributed by atoms with Crippen molar-refractivity contribution in [1.29, 1.82) is 0 Å². The molecule has 0 saturated carbocycles. The number of aliphatic hydroxyl groups is 1. The number of hydrogen-bond acceptors (Lipinski definition) is 3. The van der Waals surface area contributed by atoms with Crippen molar-refractivity contribution in [1.82, 2.24) is 9.55 Å². The molecule has 110 valence electrons. The molecular formula is C16H25N3O. The zero-order valence-corrected chi connectivity index (χ0v) is 12.4. The molecule has 1 heterocycles. The van der Waals surface area contributed by atoms with Gasteiger partial charge in [-0.25, -0.2) is 4.98 Å². The van der Waals surface area contributed by atoms with E-state index in [4.69, 9.17) is 10.7 Å². The summed E-state index contributed by atoms with van der Waals surface area (Å²) in [6.45, 7) is 4.31. The van der Waals surface area contributed by atoms with Crippen LogP contribution in [0.2, 0.25) is 0 Å². The highest BCUT2D eigenvalue weighted by molar-refractivity contribution is 5.76. The normalized spacial score (nSPS) is 14.6. The van der Waals surface area contributed by atoms with Crippen molar-refractivity contribution in [3.63, 3.8) is 0 Å². The molecule has 0 aliphatic rings. The van der Waals surface area contributed by atoms with Gasteiger partial charge < -0.3 is 15.4 Å². The van der Waals surface area contributed by atoms with Gasteiger partial charge in [0.25, 0.3) is 0 Å². The number of aryl methyl sites for hydroxylation is 1. The third-order valence-electron chi connectivity index (χ3n) is 3.78. The number of para-hydroxylation sites is 2. The van der Waals surface area contributed by atoms with E-state index in [1.807, 2.05) is 18.2 Å². The Morgan fingerprint density at radius 1 is 1.25 bits per heavy atom. The Morgan fingerprint density at radius 3 is 2.65 bits per heavy atom. The van der Waals surface area contributed by atoms with Crippen molar-refractivity contribution in [2.45, 2.75) is 51.6 Å². The minimum Gasteiger partial charge on any atom is -0.394 e. The lowest BCUT2D eigenvalue weighted by atomic mass is 10.0. The fraction of sp³-hybridized carbons (Fsp3) is 0.562. The van der Waals surface area contributed by atoms with Gasteiger partial charge in [0.05, 0.1) is 23.7 Å². The standard InChI is InChI=1S/C16H25N3O/c1-3-7-12(17)15(11-20)19-14-10-6-5-9-13(14)18-16(19)8-4-2/h5-6,9-10,12,15,20H,3-4,7-8,11,17H2,1-2H3. The summed E-state index contributed by atoms with van der Waals surface area (Å²) >= 11 is 0. The highest BCUT2D eigenvalue weighted by atomic mass is 16.3. The molecule has 20 heavy (non-hydrogen) atoms. The number of nitrogens with zero attached hydrogens (tertiary/aromatic N) is 2. The van der Waals surface area contributed by atoms with Crippen LogP contribution >= 0.6 is 0 Å². The van der Waals surface area contributed by atoms with Gasteiger partial charge in [0, 0.05) is 12.5 Å². The molecule has 2 rings (SSSR count). The summed E-state index contributed by atoms with van der Waals surface area (Å²) in [5.74, 6) is 1.03. The summed E-state index contributed by atoms with van der Waals surface area (Å²) in [5.41, 5.74) is 8.33. The Morgan fingerprint density at radius 2 is 2.00 bits per heavy atom. The first-order chi connectivity index (χ1) is 9.72. The molecule has 4 heteroatoms. The minimum absolute atomic E-state index is 0.0433. The van der Waals surface area contributed by atoms with E-state index in [0.29, 0.717) is 0 Å². The van der Waals surface area contributed by atoms with Crippen LogP contribution < -0.4 is 5.73 Å². The Hall–Kier alpha value is -1.39. The fourth-order valence-electron chi connectivity index (χ4n) is 2.80. The van der Waals surface area contributed by atoms with Crippen LogP contribution in [0.5, 0.6) is 0 Å². The summed E-state index contributed by atoms with van der Waals surface area (Å²) in [4.78, 5) is 4.71. The van der Waals surface area contributed by atoms with Gasteiger partial charge in [-0.1, -0.05) is 32.4 Å². The van der Waals surface area contributed by atoms with E-state index >= 15 is 0 Å². The van der Waals surface area contributed by atoms with Gasteiger partial charge >= 0.3 is 0 Å². The van der Waals surface area contributed by atoms with Gasteiger partial charge in [-0.3, -0.25) is 0 Å². The number of hydrogen-bond donors (Lipinski definition) is 2. The molecular weight excluding hydrogens is 250 g/mol. The summed E-state index contributed by atoms with van der Waals surface area (Å²) in [5, 5.41) is 9.82. The summed E-state index contributed by atoms with van der Waals surface area (Å²) in [6, 6.07) is 7.95. The zero-order valence-electron chi connectivity index (χ0n) is 12.4. The fourth-order valence-corrected chi connectivity index (χ4v) is 2.80. The van der Waals surface area contributed by atoms with Crippen LogP contribution in [0.3, 0.4) is 0 Å². The average Bonchev–Trinajstić information content (AvgIpc) is 2.79. The van der Waals surface area contributed by atoms with Crippen molar-refractivity contribution in [2.24, 2.45) is 5.73 Å². The largest absolute Gasteiger partial charge is 0.394 e. The molecule has 0 bridgehead atoms. The van der Waals surface area contributed by atoms with Crippen LogP contribution in [-0.4, -0.2) is 27.3 Å². The van der Waals surface area contributed by atoms with E-state index in [0.717, 1.165) is 42.5 Å². The first-order valence-corrected chi connectivity index (χ1v) is 7.55. The van der Waals surface area contributed by atoms with Crippen molar-refractivity contribution < 1.29 is 5.11 Å². The van der Waals surface area contributed by atoms with Crippen molar-refractivity contribution in [3.05, 3.63) is 30.1 Å². The highest BCUT2D eigenvalue weighted by Crippen LogP contribution is 2.25. The maximum atomic E-state index is 9.82. The number of aliphatic hydroxyl groups excluding tert-OH is 1. The number of imidazole rings is 1. The van der Waals surface area contributed by atoms with Crippen LogP contribution in [0.15, 0.2) is 24.3 Å². The van der Waals surface area contributed by atoms with Gasteiger partial charge in [0.2, 0.25) is 0 Å². The third kappa shape index (κ3) is 2.86. The van der Waals surface area contributed by atoms with Gasteiger partial charge in [0.15, 0.2) is 0 Å². The molecule has 1 aromatic heterocycles. The van der Waals surface area contributed by atoms with E-state index < -0.39 is 0 Å². The van der Waals surface area contributed by atoms with Crippen molar-refractivity contribution >= 4 is 11.0 Å². The quantitative estimate of drug-likeness (QED) is 0.816. The average molecular weight is 275 g/mol. The van der Waals surface area contributed by atoms with E-state index in [1.54, 1.807) is 0 Å². The summed E-state index contributed by atoms with van der Waals surface area (Å²) in [6.07, 6.45) is 3.87. The van der Waals surface area contributed by atoms with E-state index in [-0.39, 0.29) is 18.7 Å². The molecule has 0 amide bonds. The molecule has 4 nitrogen and oxygen atoms in total. The Balaban J connectivity index is 2.50. The molecule has 2 aromatic rings. The SMILES string of the molecule is CCCc1nc2ccccc2n1C(CO)C(N)CCC. The van der Waals surface area contributed by atoms with Crippen molar-refractivity contribution in [2.75, 3.05) is 6.61 Å². The van der Waals surface area contributed by atoms with E-state index in [9.17, 15) is 5.11 Å². The second-order valence-electron chi connectivity index (χ2n) is 5.34. The summed E-state index contributed by atoms with van der Waals surface area (Å²) < 4.78 is 2.15.